The van der Waals surface area contributed by atoms with Gasteiger partial charge in [0.15, 0.2) is 5.82 Å². The van der Waals surface area contributed by atoms with Crippen LogP contribution in [0.5, 0.6) is 0 Å². The third-order valence-electron chi connectivity index (χ3n) is 1.32. The maximum Gasteiger partial charge on any atom is 0.328 e. The van der Waals surface area contributed by atoms with E-state index in [2.05, 4.69) is 47.1 Å². The lowest BCUT2D eigenvalue weighted by Crippen LogP contribution is -2.11. The summed E-state index contributed by atoms with van der Waals surface area (Å²) in [5.41, 5.74) is 0. The number of amides is 1. The number of nitrogens with zero attached hydrogens (tertiary/aromatic N) is 2. The molecule has 1 aromatic heterocycles. The van der Waals surface area contributed by atoms with Gasteiger partial charge >= 0.3 is 5.97 Å². The van der Waals surface area contributed by atoms with E-state index < -0.39 is 11.9 Å². The van der Waals surface area contributed by atoms with Crippen molar-refractivity contribution in [2.45, 2.75) is 0 Å². The Hall–Kier alpha value is -1.28. The Labute approximate surface area is 107 Å². The number of rotatable bonds is 3. The first-order valence-corrected chi connectivity index (χ1v) is 5.47. The van der Waals surface area contributed by atoms with Crippen LogP contribution in [0.1, 0.15) is 0 Å². The molecule has 0 unspecified atom stereocenters. The Kier molecular flexibility index (Phi) is 4.56. The minimum Gasteiger partial charge on any atom is -0.478 e. The number of hydrogen-bond acceptors (Lipinski definition) is 4. The van der Waals surface area contributed by atoms with Gasteiger partial charge in [-0.25, -0.2) is 14.8 Å². The maximum absolute atomic E-state index is 11.2. The number of carboxylic acid groups (broad SMARTS) is 1. The van der Waals surface area contributed by atoms with E-state index >= 15 is 0 Å². The molecular formula is C8H5Br2N3O3. The lowest BCUT2D eigenvalue weighted by molar-refractivity contribution is -0.131. The highest BCUT2D eigenvalue weighted by molar-refractivity contribution is 9.11. The molecule has 2 N–H and O–H groups in total. The average molecular weight is 351 g/mol. The summed E-state index contributed by atoms with van der Waals surface area (Å²) in [6.07, 6.45) is 3.02. The highest BCUT2D eigenvalue weighted by Crippen LogP contribution is 2.19. The van der Waals surface area contributed by atoms with Crippen LogP contribution in [-0.4, -0.2) is 27.0 Å². The molecule has 0 saturated heterocycles. The highest BCUT2D eigenvalue weighted by Gasteiger charge is 2.06. The molecule has 0 saturated carbocycles. The Morgan fingerprint density at radius 2 is 2.06 bits per heavy atom. The predicted octanol–water partition coefficient (Wildman–Crippen LogP) is 1.58. The third kappa shape index (κ3) is 4.07. The van der Waals surface area contributed by atoms with E-state index in [4.69, 9.17) is 5.11 Å². The topological polar surface area (TPSA) is 92.2 Å². The largest absolute Gasteiger partial charge is 0.478 e. The first-order chi connectivity index (χ1) is 7.49. The van der Waals surface area contributed by atoms with E-state index in [0.29, 0.717) is 9.21 Å². The smallest absolute Gasteiger partial charge is 0.328 e. The van der Waals surface area contributed by atoms with Crippen LogP contribution in [0.25, 0.3) is 0 Å². The van der Waals surface area contributed by atoms with Gasteiger partial charge in [-0.15, -0.1) is 0 Å². The van der Waals surface area contributed by atoms with Crippen LogP contribution in [0, 0.1) is 0 Å². The molecule has 0 aliphatic rings. The summed E-state index contributed by atoms with van der Waals surface area (Å²) in [6, 6.07) is 0. The number of aliphatic carboxylic acids is 1. The number of halogens is 2. The standard InChI is InChI=1S/C8H5Br2N3O3/c9-4-3-11-8(7(10)12-4)13-5(14)1-2-6(15)16/h1-3H,(H,15,16)(H,11,13,14)/b2-1+. The summed E-state index contributed by atoms with van der Waals surface area (Å²) in [7, 11) is 0. The molecule has 1 amide bonds. The van der Waals surface area contributed by atoms with Gasteiger partial charge in [-0.1, -0.05) is 0 Å². The van der Waals surface area contributed by atoms with Crippen molar-refractivity contribution in [1.82, 2.24) is 9.97 Å². The number of carbonyl (C=O) groups is 2. The Balaban J connectivity index is 2.73. The molecule has 0 aliphatic heterocycles. The zero-order valence-corrected chi connectivity index (χ0v) is 10.8. The van der Waals surface area contributed by atoms with E-state index in [1.165, 1.54) is 6.20 Å². The molecule has 0 radical (unpaired) electrons. The Morgan fingerprint density at radius 1 is 1.38 bits per heavy atom. The van der Waals surface area contributed by atoms with Crippen molar-refractivity contribution >= 4 is 49.6 Å². The van der Waals surface area contributed by atoms with Gasteiger partial charge in [-0.05, 0) is 31.9 Å². The van der Waals surface area contributed by atoms with Crippen molar-refractivity contribution in [3.8, 4) is 0 Å². The number of anilines is 1. The van der Waals surface area contributed by atoms with Crippen molar-refractivity contribution in [3.63, 3.8) is 0 Å². The van der Waals surface area contributed by atoms with E-state index in [0.717, 1.165) is 12.2 Å². The fraction of sp³-hybridized carbons (Fsp3) is 0. The Morgan fingerprint density at radius 3 is 2.62 bits per heavy atom. The summed E-state index contributed by atoms with van der Waals surface area (Å²) in [5, 5.41) is 10.7. The van der Waals surface area contributed by atoms with Crippen LogP contribution in [0.4, 0.5) is 5.82 Å². The molecule has 0 atom stereocenters. The van der Waals surface area contributed by atoms with Crippen molar-refractivity contribution < 1.29 is 14.7 Å². The zero-order chi connectivity index (χ0) is 12.1. The van der Waals surface area contributed by atoms with Crippen LogP contribution in [0.3, 0.4) is 0 Å². The molecule has 0 bridgehead atoms. The highest BCUT2D eigenvalue weighted by atomic mass is 79.9. The summed E-state index contributed by atoms with van der Waals surface area (Å²) >= 11 is 6.20. The molecule has 0 fully saturated rings. The maximum atomic E-state index is 11.2. The van der Waals surface area contributed by atoms with Gasteiger partial charge < -0.3 is 10.4 Å². The number of nitrogens with one attached hydrogen (secondary N) is 1. The molecule has 16 heavy (non-hydrogen) atoms. The fourth-order valence-electron chi connectivity index (χ4n) is 0.736. The SMILES string of the molecule is O=C(O)/C=C/C(=O)Nc1ncc(Br)nc1Br. The molecule has 0 spiro atoms. The summed E-state index contributed by atoms with van der Waals surface area (Å²) in [6.45, 7) is 0. The summed E-state index contributed by atoms with van der Waals surface area (Å²) in [4.78, 5) is 29.2. The van der Waals surface area contributed by atoms with E-state index in [1.54, 1.807) is 0 Å². The van der Waals surface area contributed by atoms with Crippen LogP contribution in [0.2, 0.25) is 0 Å². The van der Waals surface area contributed by atoms with Gasteiger partial charge in [0.2, 0.25) is 5.91 Å². The number of carbonyl (C=O) groups excluding carboxylic acids is 1. The quantitative estimate of drug-likeness (QED) is 0.807. The van der Waals surface area contributed by atoms with Crippen molar-refractivity contribution in [3.05, 3.63) is 27.6 Å². The lowest BCUT2D eigenvalue weighted by atomic mass is 10.4. The molecule has 0 aliphatic carbocycles. The third-order valence-corrected chi connectivity index (χ3v) is 2.25. The molecule has 1 aromatic rings. The van der Waals surface area contributed by atoms with Crippen molar-refractivity contribution in [1.29, 1.82) is 0 Å². The summed E-state index contributed by atoms with van der Waals surface area (Å²) < 4.78 is 0.859. The van der Waals surface area contributed by atoms with Crippen LogP contribution in [0.15, 0.2) is 27.6 Å². The van der Waals surface area contributed by atoms with Crippen LogP contribution < -0.4 is 5.32 Å². The zero-order valence-electron chi connectivity index (χ0n) is 7.65. The molecule has 1 heterocycles. The van der Waals surface area contributed by atoms with Gasteiger partial charge in [0.05, 0.1) is 6.20 Å². The van der Waals surface area contributed by atoms with Gasteiger partial charge in [0.25, 0.3) is 0 Å². The van der Waals surface area contributed by atoms with E-state index in [1.807, 2.05) is 0 Å². The van der Waals surface area contributed by atoms with Gasteiger partial charge in [-0.3, -0.25) is 4.79 Å². The normalized spacial score (nSPS) is 10.4. The van der Waals surface area contributed by atoms with Gasteiger partial charge in [0, 0.05) is 12.2 Å². The second-order valence-corrected chi connectivity index (χ2v) is 4.06. The molecule has 6 nitrogen and oxygen atoms in total. The van der Waals surface area contributed by atoms with E-state index in [-0.39, 0.29) is 5.82 Å². The second kappa shape index (κ2) is 5.71. The van der Waals surface area contributed by atoms with Gasteiger partial charge in [0.1, 0.15) is 9.21 Å². The molecule has 1 rings (SSSR count). The van der Waals surface area contributed by atoms with E-state index in [9.17, 15) is 9.59 Å². The number of hydrogen-bond donors (Lipinski definition) is 2. The molecule has 84 valence electrons. The van der Waals surface area contributed by atoms with Crippen molar-refractivity contribution in [2.75, 3.05) is 5.32 Å². The predicted molar refractivity (Wildman–Crippen MR) is 62.8 cm³/mol. The minimum absolute atomic E-state index is 0.211. The molecular weight excluding hydrogens is 346 g/mol. The van der Waals surface area contributed by atoms with Gasteiger partial charge in [-0.2, -0.15) is 0 Å². The molecule has 8 heteroatoms. The van der Waals surface area contributed by atoms with Crippen LogP contribution >= 0.6 is 31.9 Å². The summed E-state index contributed by atoms with van der Waals surface area (Å²) in [5.74, 6) is -1.58. The molecule has 0 aromatic carbocycles. The number of aromatic nitrogens is 2. The first-order valence-electron chi connectivity index (χ1n) is 3.89. The first kappa shape index (κ1) is 12.8. The second-order valence-electron chi connectivity index (χ2n) is 2.49. The van der Waals surface area contributed by atoms with Crippen LogP contribution in [-0.2, 0) is 9.59 Å². The lowest BCUT2D eigenvalue weighted by Gasteiger charge is -2.02. The minimum atomic E-state index is -1.20. The monoisotopic (exact) mass is 349 g/mol. The fourth-order valence-corrected chi connectivity index (χ4v) is 1.65. The average Bonchev–Trinajstić information content (AvgIpc) is 2.19. The Bertz CT molecular complexity index is 462. The number of carboxylic acids is 1. The van der Waals surface area contributed by atoms with Crippen molar-refractivity contribution in [2.24, 2.45) is 0 Å².